The largest absolute Gasteiger partial charge is 0.492 e. The van der Waals surface area contributed by atoms with Crippen LogP contribution in [0.3, 0.4) is 0 Å². The Morgan fingerprint density at radius 2 is 2.06 bits per heavy atom. The third-order valence-electron chi connectivity index (χ3n) is 2.68. The number of hydrogen-bond donors (Lipinski definition) is 1. The van der Waals surface area contributed by atoms with Crippen LogP contribution in [0.25, 0.3) is 0 Å². The predicted octanol–water partition coefficient (Wildman–Crippen LogP) is 3.75. The second-order valence-electron chi connectivity index (χ2n) is 3.89. The van der Waals surface area contributed by atoms with Gasteiger partial charge in [0.15, 0.2) is 0 Å². The molecule has 0 fully saturated rings. The minimum atomic E-state index is -0.296. The lowest BCUT2D eigenvalue weighted by molar-refractivity contribution is 0.301. The topological polar surface area (TPSA) is 21.3 Å². The fourth-order valence-corrected chi connectivity index (χ4v) is 1.82. The van der Waals surface area contributed by atoms with Crippen molar-refractivity contribution in [2.75, 3.05) is 13.2 Å². The molecule has 1 rings (SSSR count). The van der Waals surface area contributed by atoms with Crippen LogP contribution in [-0.2, 0) is 0 Å². The molecule has 2 nitrogen and oxygen atoms in total. The molecular formula is C13H19BrFNO. The summed E-state index contributed by atoms with van der Waals surface area (Å²) in [5.74, 6) is 0.271. The standard InChI is InChI=1S/C13H19BrFNO/c1-3-10(4-2)16-7-8-17-11-5-6-12(14)13(15)9-11/h5-6,9-10,16H,3-4,7-8H2,1-2H3. The number of benzene rings is 1. The monoisotopic (exact) mass is 303 g/mol. The van der Waals surface area contributed by atoms with Gasteiger partial charge in [-0.2, -0.15) is 0 Å². The lowest BCUT2D eigenvalue weighted by Crippen LogP contribution is -2.31. The molecule has 0 radical (unpaired) electrons. The fourth-order valence-electron chi connectivity index (χ4n) is 1.58. The Morgan fingerprint density at radius 1 is 1.35 bits per heavy atom. The van der Waals surface area contributed by atoms with Crippen LogP contribution in [0.4, 0.5) is 4.39 Å². The highest BCUT2D eigenvalue weighted by atomic mass is 79.9. The Labute approximate surface area is 111 Å². The average molecular weight is 304 g/mol. The quantitative estimate of drug-likeness (QED) is 0.775. The number of hydrogen-bond acceptors (Lipinski definition) is 2. The van der Waals surface area contributed by atoms with E-state index in [9.17, 15) is 4.39 Å². The van der Waals surface area contributed by atoms with Gasteiger partial charge in [0.1, 0.15) is 18.2 Å². The first-order valence-electron chi connectivity index (χ1n) is 5.98. The van der Waals surface area contributed by atoms with E-state index in [0.717, 1.165) is 19.4 Å². The maximum absolute atomic E-state index is 13.2. The molecule has 0 bridgehead atoms. The van der Waals surface area contributed by atoms with E-state index >= 15 is 0 Å². The summed E-state index contributed by atoms with van der Waals surface area (Å²) in [4.78, 5) is 0. The molecule has 0 unspecified atom stereocenters. The van der Waals surface area contributed by atoms with Gasteiger partial charge in [0.05, 0.1) is 4.47 Å². The van der Waals surface area contributed by atoms with Crippen molar-refractivity contribution < 1.29 is 9.13 Å². The molecule has 4 heteroatoms. The van der Waals surface area contributed by atoms with E-state index < -0.39 is 0 Å². The average Bonchev–Trinajstić information content (AvgIpc) is 2.34. The molecule has 0 saturated carbocycles. The van der Waals surface area contributed by atoms with Crippen molar-refractivity contribution in [1.82, 2.24) is 5.32 Å². The minimum absolute atomic E-state index is 0.296. The molecule has 17 heavy (non-hydrogen) atoms. The molecule has 1 N–H and O–H groups in total. The van der Waals surface area contributed by atoms with Crippen LogP contribution in [0.5, 0.6) is 5.75 Å². The molecule has 96 valence electrons. The van der Waals surface area contributed by atoms with Gasteiger partial charge in [-0.05, 0) is 40.9 Å². The summed E-state index contributed by atoms with van der Waals surface area (Å²) in [5.41, 5.74) is 0. The summed E-state index contributed by atoms with van der Waals surface area (Å²) in [5, 5.41) is 3.39. The van der Waals surface area contributed by atoms with Gasteiger partial charge in [-0.3, -0.25) is 0 Å². The van der Waals surface area contributed by atoms with E-state index in [1.165, 1.54) is 6.07 Å². The van der Waals surface area contributed by atoms with E-state index in [2.05, 4.69) is 35.1 Å². The van der Waals surface area contributed by atoms with E-state index in [0.29, 0.717) is 22.9 Å². The minimum Gasteiger partial charge on any atom is -0.492 e. The van der Waals surface area contributed by atoms with E-state index in [-0.39, 0.29) is 5.82 Å². The normalized spacial score (nSPS) is 10.9. The van der Waals surface area contributed by atoms with Gasteiger partial charge in [-0.15, -0.1) is 0 Å². The second kappa shape index (κ2) is 7.67. The Bertz CT molecular complexity index is 342. The van der Waals surface area contributed by atoms with Gasteiger partial charge in [0, 0.05) is 18.7 Å². The van der Waals surface area contributed by atoms with Gasteiger partial charge >= 0.3 is 0 Å². The third kappa shape index (κ3) is 5.04. The zero-order valence-electron chi connectivity index (χ0n) is 10.3. The van der Waals surface area contributed by atoms with Crippen LogP contribution in [0, 0.1) is 5.82 Å². The van der Waals surface area contributed by atoms with Crippen molar-refractivity contribution in [3.63, 3.8) is 0 Å². The molecule has 0 aromatic heterocycles. The molecule has 0 aliphatic heterocycles. The lowest BCUT2D eigenvalue weighted by Gasteiger charge is -2.14. The molecule has 1 aromatic carbocycles. The van der Waals surface area contributed by atoms with Crippen molar-refractivity contribution >= 4 is 15.9 Å². The molecule has 0 spiro atoms. The summed E-state index contributed by atoms with van der Waals surface area (Å²) in [6.45, 7) is 5.65. The second-order valence-corrected chi connectivity index (χ2v) is 4.75. The van der Waals surface area contributed by atoms with Crippen LogP contribution in [0.2, 0.25) is 0 Å². The van der Waals surface area contributed by atoms with Gasteiger partial charge < -0.3 is 10.1 Å². The molecule has 0 aliphatic carbocycles. The Hall–Kier alpha value is -0.610. The van der Waals surface area contributed by atoms with Crippen molar-refractivity contribution in [3.8, 4) is 5.75 Å². The smallest absolute Gasteiger partial charge is 0.141 e. The summed E-state index contributed by atoms with van der Waals surface area (Å²) in [6, 6.07) is 5.34. The number of ether oxygens (including phenoxy) is 1. The van der Waals surface area contributed by atoms with Gasteiger partial charge in [0.2, 0.25) is 0 Å². The predicted molar refractivity (Wildman–Crippen MR) is 72.0 cm³/mol. The summed E-state index contributed by atoms with van der Waals surface area (Å²) >= 11 is 3.11. The summed E-state index contributed by atoms with van der Waals surface area (Å²) < 4.78 is 19.1. The van der Waals surface area contributed by atoms with Crippen LogP contribution in [-0.4, -0.2) is 19.2 Å². The van der Waals surface area contributed by atoms with E-state index in [1.54, 1.807) is 12.1 Å². The summed E-state index contributed by atoms with van der Waals surface area (Å²) in [7, 11) is 0. The first-order chi connectivity index (χ1) is 8.17. The van der Waals surface area contributed by atoms with Gasteiger partial charge in [0.25, 0.3) is 0 Å². The zero-order valence-corrected chi connectivity index (χ0v) is 11.9. The maximum Gasteiger partial charge on any atom is 0.141 e. The van der Waals surface area contributed by atoms with Crippen molar-refractivity contribution in [1.29, 1.82) is 0 Å². The Morgan fingerprint density at radius 3 is 2.65 bits per heavy atom. The van der Waals surface area contributed by atoms with Gasteiger partial charge in [-0.1, -0.05) is 13.8 Å². The number of halogens is 2. The molecular weight excluding hydrogens is 285 g/mol. The van der Waals surface area contributed by atoms with Crippen molar-refractivity contribution in [3.05, 3.63) is 28.5 Å². The SMILES string of the molecule is CCC(CC)NCCOc1ccc(Br)c(F)c1. The van der Waals surface area contributed by atoms with Crippen molar-refractivity contribution in [2.24, 2.45) is 0 Å². The first kappa shape index (κ1) is 14.5. The molecule has 0 saturated heterocycles. The van der Waals surface area contributed by atoms with E-state index in [4.69, 9.17) is 4.74 Å². The molecule has 0 aliphatic rings. The lowest BCUT2D eigenvalue weighted by atomic mass is 10.2. The van der Waals surface area contributed by atoms with Crippen LogP contribution in [0.15, 0.2) is 22.7 Å². The molecule has 0 atom stereocenters. The molecule has 0 amide bonds. The van der Waals surface area contributed by atoms with E-state index in [1.807, 2.05) is 0 Å². The van der Waals surface area contributed by atoms with Crippen molar-refractivity contribution in [2.45, 2.75) is 32.7 Å². The third-order valence-corrected chi connectivity index (χ3v) is 3.32. The van der Waals surface area contributed by atoms with Crippen LogP contribution >= 0.6 is 15.9 Å². The molecule has 0 heterocycles. The summed E-state index contributed by atoms with van der Waals surface area (Å²) in [6.07, 6.45) is 2.23. The first-order valence-corrected chi connectivity index (χ1v) is 6.77. The van der Waals surface area contributed by atoms with Gasteiger partial charge in [-0.25, -0.2) is 4.39 Å². The fraction of sp³-hybridized carbons (Fsp3) is 0.538. The molecule has 1 aromatic rings. The Kier molecular flexibility index (Phi) is 6.52. The highest BCUT2D eigenvalue weighted by Gasteiger charge is 2.03. The Balaban J connectivity index is 2.28. The van der Waals surface area contributed by atoms with Crippen LogP contribution in [0.1, 0.15) is 26.7 Å². The number of rotatable bonds is 7. The zero-order chi connectivity index (χ0) is 12.7. The highest BCUT2D eigenvalue weighted by Crippen LogP contribution is 2.20. The van der Waals surface area contributed by atoms with Crippen LogP contribution < -0.4 is 10.1 Å². The number of nitrogens with one attached hydrogen (secondary N) is 1. The highest BCUT2D eigenvalue weighted by molar-refractivity contribution is 9.10. The maximum atomic E-state index is 13.2.